The van der Waals surface area contributed by atoms with Gasteiger partial charge in [-0.15, -0.1) is 0 Å². The second-order valence-corrected chi connectivity index (χ2v) is 5.67. The van der Waals surface area contributed by atoms with Crippen molar-refractivity contribution in [1.82, 2.24) is 10.3 Å². The number of nitrogens with one attached hydrogen (secondary N) is 1. The standard InChI is InChI=1S/C15H16BrF3N2/c1-2-20-13(7-8-15(17,18)19)14-11(16)9-10-5-3-4-6-12(10)21-14/h3-6,9,13,20H,2,7-8H2,1H3. The number of nitrogens with zero attached hydrogens (tertiary/aromatic N) is 1. The number of rotatable bonds is 5. The zero-order valence-corrected chi connectivity index (χ0v) is 13.1. The summed E-state index contributed by atoms with van der Waals surface area (Å²) in [5, 5.41) is 4.04. The van der Waals surface area contributed by atoms with Crippen LogP contribution in [0.25, 0.3) is 10.9 Å². The van der Waals surface area contributed by atoms with Gasteiger partial charge in [0.1, 0.15) is 0 Å². The zero-order valence-electron chi connectivity index (χ0n) is 11.5. The maximum Gasteiger partial charge on any atom is 0.389 e. The summed E-state index contributed by atoms with van der Waals surface area (Å²) >= 11 is 3.42. The molecule has 0 radical (unpaired) electrons. The van der Waals surface area contributed by atoms with E-state index in [1.807, 2.05) is 37.3 Å². The summed E-state index contributed by atoms with van der Waals surface area (Å²) in [6.45, 7) is 2.46. The largest absolute Gasteiger partial charge is 0.389 e. The Bertz CT molecular complexity index is 613. The van der Waals surface area contributed by atoms with Crippen molar-refractivity contribution in [3.05, 3.63) is 40.5 Å². The van der Waals surface area contributed by atoms with Crippen LogP contribution in [0, 0.1) is 0 Å². The van der Waals surface area contributed by atoms with Gasteiger partial charge in [-0.2, -0.15) is 13.2 Å². The Morgan fingerprint density at radius 3 is 2.67 bits per heavy atom. The monoisotopic (exact) mass is 360 g/mol. The van der Waals surface area contributed by atoms with E-state index < -0.39 is 18.6 Å². The normalized spacial score (nSPS) is 13.6. The SMILES string of the molecule is CCNC(CCC(F)(F)F)c1nc2ccccc2cc1Br. The first-order chi connectivity index (χ1) is 9.90. The molecule has 0 bridgehead atoms. The van der Waals surface area contributed by atoms with Gasteiger partial charge in [0.25, 0.3) is 0 Å². The van der Waals surface area contributed by atoms with Crippen LogP contribution in [0.2, 0.25) is 0 Å². The number of benzene rings is 1. The molecular weight excluding hydrogens is 345 g/mol. The summed E-state index contributed by atoms with van der Waals surface area (Å²) in [5.74, 6) is 0. The molecule has 1 unspecified atom stereocenters. The van der Waals surface area contributed by atoms with E-state index in [4.69, 9.17) is 0 Å². The lowest BCUT2D eigenvalue weighted by atomic mass is 10.1. The number of alkyl halides is 3. The van der Waals surface area contributed by atoms with Gasteiger partial charge in [0, 0.05) is 16.3 Å². The van der Waals surface area contributed by atoms with Crippen LogP contribution in [0.5, 0.6) is 0 Å². The highest BCUT2D eigenvalue weighted by Crippen LogP contribution is 2.31. The summed E-state index contributed by atoms with van der Waals surface area (Å²) in [4.78, 5) is 4.52. The van der Waals surface area contributed by atoms with Crippen molar-refractivity contribution in [1.29, 1.82) is 0 Å². The highest BCUT2D eigenvalue weighted by atomic mass is 79.9. The molecule has 2 aromatic rings. The van der Waals surface area contributed by atoms with E-state index in [9.17, 15) is 13.2 Å². The maximum atomic E-state index is 12.5. The first kappa shape index (κ1) is 16.2. The predicted octanol–water partition coefficient (Wildman–Crippen LogP) is 4.99. The average Bonchev–Trinajstić information content (AvgIpc) is 2.42. The van der Waals surface area contributed by atoms with Crippen LogP contribution in [-0.4, -0.2) is 17.7 Å². The van der Waals surface area contributed by atoms with Crippen molar-refractivity contribution in [2.24, 2.45) is 0 Å². The van der Waals surface area contributed by atoms with Crippen LogP contribution in [0.1, 0.15) is 31.5 Å². The molecular formula is C15H16BrF3N2. The van der Waals surface area contributed by atoms with Gasteiger partial charge in [0.2, 0.25) is 0 Å². The number of aromatic nitrogens is 1. The van der Waals surface area contributed by atoms with Crippen molar-refractivity contribution in [3.8, 4) is 0 Å². The molecule has 0 aliphatic heterocycles. The molecule has 1 aromatic carbocycles. The first-order valence-corrected chi connectivity index (χ1v) is 7.55. The molecule has 2 nitrogen and oxygen atoms in total. The number of pyridine rings is 1. The fourth-order valence-corrected chi connectivity index (χ4v) is 2.85. The Hall–Kier alpha value is -1.14. The Labute approximate surface area is 129 Å². The number of fused-ring (bicyclic) bond motifs is 1. The molecule has 114 valence electrons. The maximum absolute atomic E-state index is 12.5. The van der Waals surface area contributed by atoms with Crippen molar-refractivity contribution < 1.29 is 13.2 Å². The zero-order chi connectivity index (χ0) is 15.5. The summed E-state index contributed by atoms with van der Waals surface area (Å²) in [7, 11) is 0. The molecule has 0 fully saturated rings. The predicted molar refractivity (Wildman–Crippen MR) is 81.1 cm³/mol. The molecule has 2 rings (SSSR count). The minimum Gasteiger partial charge on any atom is -0.309 e. The van der Waals surface area contributed by atoms with Crippen LogP contribution < -0.4 is 5.32 Å². The van der Waals surface area contributed by atoms with Crippen LogP contribution in [0.4, 0.5) is 13.2 Å². The number of hydrogen-bond acceptors (Lipinski definition) is 2. The topological polar surface area (TPSA) is 24.9 Å². The van der Waals surface area contributed by atoms with E-state index in [-0.39, 0.29) is 6.42 Å². The summed E-state index contributed by atoms with van der Waals surface area (Å²) in [5.41, 5.74) is 1.41. The van der Waals surface area contributed by atoms with Gasteiger partial charge in [0.05, 0.1) is 17.3 Å². The molecule has 1 atom stereocenters. The van der Waals surface area contributed by atoms with Gasteiger partial charge in [-0.05, 0) is 41.0 Å². The molecule has 0 amide bonds. The van der Waals surface area contributed by atoms with Crippen molar-refractivity contribution in [2.45, 2.75) is 32.0 Å². The molecule has 0 saturated heterocycles. The van der Waals surface area contributed by atoms with Crippen LogP contribution in [0.3, 0.4) is 0 Å². The third-order valence-corrected chi connectivity index (χ3v) is 3.84. The molecule has 0 spiro atoms. The van der Waals surface area contributed by atoms with Gasteiger partial charge in [0.15, 0.2) is 0 Å². The summed E-state index contributed by atoms with van der Waals surface area (Å²) in [6, 6.07) is 9.03. The quantitative estimate of drug-likeness (QED) is 0.812. The van der Waals surface area contributed by atoms with E-state index in [1.54, 1.807) is 0 Å². The van der Waals surface area contributed by atoms with Crippen molar-refractivity contribution >= 4 is 26.8 Å². The van der Waals surface area contributed by atoms with Crippen molar-refractivity contribution in [3.63, 3.8) is 0 Å². The Balaban J connectivity index is 2.32. The third kappa shape index (κ3) is 4.41. The van der Waals surface area contributed by atoms with E-state index in [0.29, 0.717) is 12.2 Å². The molecule has 0 aliphatic rings. The van der Waals surface area contributed by atoms with Crippen molar-refractivity contribution in [2.75, 3.05) is 6.54 Å². The minimum atomic E-state index is -4.16. The van der Waals surface area contributed by atoms with E-state index in [2.05, 4.69) is 26.2 Å². The van der Waals surface area contributed by atoms with Gasteiger partial charge in [-0.25, -0.2) is 4.98 Å². The van der Waals surface area contributed by atoms with Gasteiger partial charge in [-0.1, -0.05) is 25.1 Å². The van der Waals surface area contributed by atoms with E-state index in [0.717, 1.165) is 15.4 Å². The minimum absolute atomic E-state index is 0.0265. The molecule has 1 heterocycles. The number of para-hydroxylation sites is 1. The Kier molecular flexibility index (Phi) is 5.22. The first-order valence-electron chi connectivity index (χ1n) is 6.76. The number of halogens is 4. The van der Waals surface area contributed by atoms with Gasteiger partial charge in [-0.3, -0.25) is 0 Å². The fraction of sp³-hybridized carbons (Fsp3) is 0.400. The Morgan fingerprint density at radius 1 is 1.29 bits per heavy atom. The molecule has 0 aliphatic carbocycles. The van der Waals surface area contributed by atoms with Crippen LogP contribution >= 0.6 is 15.9 Å². The number of hydrogen-bond donors (Lipinski definition) is 1. The fourth-order valence-electron chi connectivity index (χ4n) is 2.24. The highest BCUT2D eigenvalue weighted by Gasteiger charge is 2.29. The lowest BCUT2D eigenvalue weighted by Crippen LogP contribution is -2.24. The lowest BCUT2D eigenvalue weighted by Gasteiger charge is -2.20. The molecule has 1 N–H and O–H groups in total. The summed E-state index contributed by atoms with van der Waals surface area (Å²) < 4.78 is 38.1. The van der Waals surface area contributed by atoms with Crippen LogP contribution in [-0.2, 0) is 0 Å². The molecule has 21 heavy (non-hydrogen) atoms. The molecule has 1 aromatic heterocycles. The average molecular weight is 361 g/mol. The lowest BCUT2D eigenvalue weighted by molar-refractivity contribution is -0.136. The van der Waals surface area contributed by atoms with Crippen LogP contribution in [0.15, 0.2) is 34.8 Å². The smallest absolute Gasteiger partial charge is 0.309 e. The van der Waals surface area contributed by atoms with E-state index >= 15 is 0 Å². The van der Waals surface area contributed by atoms with Gasteiger partial charge < -0.3 is 5.32 Å². The molecule has 6 heteroatoms. The second kappa shape index (κ2) is 6.75. The summed E-state index contributed by atoms with van der Waals surface area (Å²) in [6.07, 6.45) is -5.01. The van der Waals surface area contributed by atoms with E-state index in [1.165, 1.54) is 0 Å². The highest BCUT2D eigenvalue weighted by molar-refractivity contribution is 9.10. The second-order valence-electron chi connectivity index (χ2n) is 4.81. The third-order valence-electron chi connectivity index (χ3n) is 3.20. The van der Waals surface area contributed by atoms with Gasteiger partial charge >= 0.3 is 6.18 Å². The molecule has 0 saturated carbocycles. The Morgan fingerprint density at radius 2 is 2.00 bits per heavy atom.